The highest BCUT2D eigenvalue weighted by atomic mass is 16.3. The molecule has 88 valence electrons. The molecular weight excluding hydrogens is 214 g/mol. The van der Waals surface area contributed by atoms with Crippen LogP contribution in [0, 0.1) is 6.92 Å². The van der Waals surface area contributed by atoms with E-state index in [0.29, 0.717) is 12.5 Å². The number of aryl methyl sites for hydroxylation is 1. The number of aliphatic hydroxyl groups is 1. The van der Waals surface area contributed by atoms with E-state index in [2.05, 4.69) is 15.3 Å². The van der Waals surface area contributed by atoms with Crippen molar-refractivity contribution in [3.63, 3.8) is 0 Å². The molecule has 0 saturated carbocycles. The Balaban J connectivity index is 2.02. The van der Waals surface area contributed by atoms with Gasteiger partial charge in [-0.3, -0.25) is 0 Å². The third-order valence-electron chi connectivity index (χ3n) is 2.42. The van der Waals surface area contributed by atoms with Gasteiger partial charge in [0.2, 0.25) is 5.95 Å². The molecular formula is C13H15N3O. The van der Waals surface area contributed by atoms with Crippen LogP contribution in [0.25, 0.3) is 0 Å². The standard InChI is InChI=1S/C13H15N3O/c1-10-5-6-14-13(16-10)15-8-11-3-2-4-12(7-11)9-17/h2-7,17H,8-9H2,1H3,(H,14,15,16). The van der Waals surface area contributed by atoms with Gasteiger partial charge in [-0.25, -0.2) is 9.97 Å². The molecule has 0 aliphatic heterocycles. The van der Waals surface area contributed by atoms with Crippen LogP contribution >= 0.6 is 0 Å². The summed E-state index contributed by atoms with van der Waals surface area (Å²) in [5.41, 5.74) is 2.95. The van der Waals surface area contributed by atoms with E-state index in [1.807, 2.05) is 37.3 Å². The van der Waals surface area contributed by atoms with Crippen molar-refractivity contribution in [3.8, 4) is 0 Å². The molecule has 0 fully saturated rings. The lowest BCUT2D eigenvalue weighted by Gasteiger charge is -2.06. The largest absolute Gasteiger partial charge is 0.392 e. The van der Waals surface area contributed by atoms with Crippen LogP contribution in [0.4, 0.5) is 5.95 Å². The van der Waals surface area contributed by atoms with Gasteiger partial charge < -0.3 is 10.4 Å². The monoisotopic (exact) mass is 229 g/mol. The van der Waals surface area contributed by atoms with Crippen molar-refractivity contribution >= 4 is 5.95 Å². The van der Waals surface area contributed by atoms with Gasteiger partial charge in [-0.1, -0.05) is 24.3 Å². The zero-order chi connectivity index (χ0) is 12.1. The molecule has 1 heterocycles. The van der Waals surface area contributed by atoms with Crippen molar-refractivity contribution in [1.29, 1.82) is 0 Å². The molecule has 2 rings (SSSR count). The maximum Gasteiger partial charge on any atom is 0.223 e. The van der Waals surface area contributed by atoms with Crippen molar-refractivity contribution in [2.24, 2.45) is 0 Å². The third-order valence-corrected chi connectivity index (χ3v) is 2.42. The van der Waals surface area contributed by atoms with Crippen molar-refractivity contribution < 1.29 is 5.11 Å². The zero-order valence-electron chi connectivity index (χ0n) is 9.72. The minimum absolute atomic E-state index is 0.0643. The molecule has 4 nitrogen and oxygen atoms in total. The van der Waals surface area contributed by atoms with Crippen LogP contribution < -0.4 is 5.32 Å². The normalized spacial score (nSPS) is 10.2. The number of hydrogen-bond donors (Lipinski definition) is 2. The molecule has 0 atom stereocenters. The SMILES string of the molecule is Cc1ccnc(NCc2cccc(CO)c2)n1. The van der Waals surface area contributed by atoms with E-state index in [1.165, 1.54) is 0 Å². The third kappa shape index (κ3) is 3.26. The second-order valence-corrected chi connectivity index (χ2v) is 3.85. The van der Waals surface area contributed by atoms with E-state index in [4.69, 9.17) is 5.11 Å². The summed E-state index contributed by atoms with van der Waals surface area (Å²) >= 11 is 0. The lowest BCUT2D eigenvalue weighted by atomic mass is 10.1. The second kappa shape index (κ2) is 5.41. The topological polar surface area (TPSA) is 58.0 Å². The highest BCUT2D eigenvalue weighted by Gasteiger charge is 1.98. The first-order chi connectivity index (χ1) is 8.28. The lowest BCUT2D eigenvalue weighted by molar-refractivity contribution is 0.281. The number of anilines is 1. The van der Waals surface area contributed by atoms with Gasteiger partial charge >= 0.3 is 0 Å². The average Bonchev–Trinajstić information content (AvgIpc) is 2.37. The maximum absolute atomic E-state index is 9.04. The molecule has 0 unspecified atom stereocenters. The van der Waals surface area contributed by atoms with Gasteiger partial charge in [0.1, 0.15) is 0 Å². The van der Waals surface area contributed by atoms with Crippen LogP contribution in [0.1, 0.15) is 16.8 Å². The van der Waals surface area contributed by atoms with E-state index in [0.717, 1.165) is 16.8 Å². The Hall–Kier alpha value is -1.94. The van der Waals surface area contributed by atoms with Crippen LogP contribution in [0.15, 0.2) is 36.5 Å². The fourth-order valence-electron chi connectivity index (χ4n) is 1.55. The van der Waals surface area contributed by atoms with Crippen LogP contribution in [-0.2, 0) is 13.2 Å². The lowest BCUT2D eigenvalue weighted by Crippen LogP contribution is -2.04. The highest BCUT2D eigenvalue weighted by Crippen LogP contribution is 2.07. The summed E-state index contributed by atoms with van der Waals surface area (Å²) in [6, 6.07) is 9.65. The molecule has 0 spiro atoms. The molecule has 0 amide bonds. The van der Waals surface area contributed by atoms with E-state index in [-0.39, 0.29) is 6.61 Å². The van der Waals surface area contributed by atoms with Crippen LogP contribution in [-0.4, -0.2) is 15.1 Å². The fraction of sp³-hybridized carbons (Fsp3) is 0.231. The van der Waals surface area contributed by atoms with E-state index in [9.17, 15) is 0 Å². The molecule has 17 heavy (non-hydrogen) atoms. The molecule has 0 radical (unpaired) electrons. The molecule has 0 bridgehead atoms. The summed E-state index contributed by atoms with van der Waals surface area (Å²) < 4.78 is 0. The predicted molar refractivity (Wildman–Crippen MR) is 66.5 cm³/mol. The fourth-order valence-corrected chi connectivity index (χ4v) is 1.55. The first-order valence-electron chi connectivity index (χ1n) is 5.50. The van der Waals surface area contributed by atoms with Gasteiger partial charge in [-0.15, -0.1) is 0 Å². The smallest absolute Gasteiger partial charge is 0.223 e. The molecule has 0 saturated heterocycles. The molecule has 0 aliphatic carbocycles. The van der Waals surface area contributed by atoms with Gasteiger partial charge in [-0.05, 0) is 24.1 Å². The highest BCUT2D eigenvalue weighted by molar-refractivity contribution is 5.30. The summed E-state index contributed by atoms with van der Waals surface area (Å²) in [5, 5.41) is 12.2. The molecule has 0 aliphatic rings. The number of nitrogens with one attached hydrogen (secondary N) is 1. The van der Waals surface area contributed by atoms with Crippen molar-refractivity contribution in [2.75, 3.05) is 5.32 Å². The summed E-state index contributed by atoms with van der Waals surface area (Å²) in [7, 11) is 0. The number of aromatic nitrogens is 2. The number of hydrogen-bond acceptors (Lipinski definition) is 4. The molecule has 2 aromatic rings. The average molecular weight is 229 g/mol. The van der Waals surface area contributed by atoms with E-state index >= 15 is 0 Å². The van der Waals surface area contributed by atoms with Crippen LogP contribution in [0.2, 0.25) is 0 Å². The van der Waals surface area contributed by atoms with Gasteiger partial charge in [0.05, 0.1) is 6.61 Å². The van der Waals surface area contributed by atoms with Crippen molar-refractivity contribution in [3.05, 3.63) is 53.3 Å². The number of benzene rings is 1. The number of rotatable bonds is 4. The second-order valence-electron chi connectivity index (χ2n) is 3.85. The Morgan fingerprint density at radius 2 is 2.06 bits per heavy atom. The predicted octanol–water partition coefficient (Wildman–Crippen LogP) is 1.89. The Labute approximate surface area is 100 Å². The summed E-state index contributed by atoms with van der Waals surface area (Å²) in [6.45, 7) is 2.64. The Morgan fingerprint density at radius 3 is 2.82 bits per heavy atom. The first kappa shape index (κ1) is 11.5. The number of nitrogens with zero attached hydrogens (tertiary/aromatic N) is 2. The van der Waals surface area contributed by atoms with E-state index in [1.54, 1.807) is 6.20 Å². The summed E-state index contributed by atoms with van der Waals surface area (Å²) in [4.78, 5) is 8.38. The first-order valence-corrected chi connectivity index (χ1v) is 5.50. The Kier molecular flexibility index (Phi) is 3.67. The molecule has 1 aromatic heterocycles. The Morgan fingerprint density at radius 1 is 1.24 bits per heavy atom. The van der Waals surface area contributed by atoms with Crippen molar-refractivity contribution in [2.45, 2.75) is 20.1 Å². The quantitative estimate of drug-likeness (QED) is 0.840. The van der Waals surface area contributed by atoms with Crippen LogP contribution in [0.3, 0.4) is 0 Å². The minimum atomic E-state index is 0.0643. The maximum atomic E-state index is 9.04. The summed E-state index contributed by atoms with van der Waals surface area (Å²) in [5.74, 6) is 0.624. The molecule has 2 N–H and O–H groups in total. The van der Waals surface area contributed by atoms with Gasteiger partial charge in [0, 0.05) is 18.4 Å². The zero-order valence-corrected chi connectivity index (χ0v) is 9.72. The van der Waals surface area contributed by atoms with Crippen LogP contribution in [0.5, 0.6) is 0 Å². The molecule has 4 heteroatoms. The van der Waals surface area contributed by atoms with E-state index < -0.39 is 0 Å². The number of aliphatic hydroxyl groups excluding tert-OH is 1. The van der Waals surface area contributed by atoms with Gasteiger partial charge in [-0.2, -0.15) is 0 Å². The van der Waals surface area contributed by atoms with Gasteiger partial charge in [0.25, 0.3) is 0 Å². The molecule has 1 aromatic carbocycles. The summed E-state index contributed by atoms with van der Waals surface area (Å²) in [6.07, 6.45) is 1.73. The minimum Gasteiger partial charge on any atom is -0.392 e. The van der Waals surface area contributed by atoms with Crippen molar-refractivity contribution in [1.82, 2.24) is 9.97 Å². The van der Waals surface area contributed by atoms with Gasteiger partial charge in [0.15, 0.2) is 0 Å². The Bertz CT molecular complexity index is 500.